The van der Waals surface area contributed by atoms with E-state index >= 15 is 0 Å². The van der Waals surface area contributed by atoms with Crippen molar-refractivity contribution in [3.05, 3.63) is 30.3 Å². The van der Waals surface area contributed by atoms with E-state index in [-0.39, 0.29) is 21.4 Å². The number of anilines is 1. The molecule has 0 radical (unpaired) electrons. The average molecular weight is 520 g/mol. The second-order valence-corrected chi connectivity index (χ2v) is 12.3. The fourth-order valence-corrected chi connectivity index (χ4v) is 6.05. The van der Waals surface area contributed by atoms with E-state index in [1.54, 1.807) is 0 Å². The lowest BCUT2D eigenvalue weighted by Crippen LogP contribution is -2.17. The summed E-state index contributed by atoms with van der Waals surface area (Å²) in [6.45, 7) is -1.79. The summed E-state index contributed by atoms with van der Waals surface area (Å²) >= 11 is 0. The first-order valence-electron chi connectivity index (χ1n) is 8.03. The van der Waals surface area contributed by atoms with Crippen LogP contribution in [0.1, 0.15) is 0 Å². The second kappa shape index (κ2) is 8.94. The van der Waals surface area contributed by atoms with Gasteiger partial charge in [-0.2, -0.15) is 16.8 Å². The van der Waals surface area contributed by atoms with Gasteiger partial charge in [0.25, 0.3) is 0 Å². The zero-order valence-electron chi connectivity index (χ0n) is 15.4. The Bertz CT molecular complexity index is 1410. The molecule has 0 spiro atoms. The van der Waals surface area contributed by atoms with Crippen molar-refractivity contribution in [2.45, 2.75) is 9.79 Å². The van der Waals surface area contributed by atoms with E-state index < -0.39 is 70.1 Å². The number of fused-ring (bicyclic) bond motifs is 1. The molecule has 0 saturated carbocycles. The number of rotatable bonds is 10. The van der Waals surface area contributed by atoms with Crippen LogP contribution < -0.4 is 5.73 Å². The highest BCUT2D eigenvalue weighted by Gasteiger charge is 2.24. The quantitative estimate of drug-likeness (QED) is 0.269. The van der Waals surface area contributed by atoms with Gasteiger partial charge < -0.3 is 5.73 Å². The van der Waals surface area contributed by atoms with Gasteiger partial charge in [-0.3, -0.25) is 9.11 Å². The number of benzene rings is 2. The molecular weight excluding hydrogens is 502 g/mol. The van der Waals surface area contributed by atoms with Crippen molar-refractivity contribution < 1.29 is 51.1 Å². The third kappa shape index (κ3) is 7.07. The molecule has 17 heteroatoms. The van der Waals surface area contributed by atoms with Crippen LogP contribution >= 0.6 is 0 Å². The summed E-state index contributed by atoms with van der Waals surface area (Å²) in [6, 6.07) is 5.91. The predicted molar refractivity (Wildman–Crippen MR) is 107 cm³/mol. The van der Waals surface area contributed by atoms with Crippen molar-refractivity contribution in [3.8, 4) is 0 Å². The van der Waals surface area contributed by atoms with Gasteiger partial charge in [0.05, 0.1) is 34.5 Å². The molecule has 0 bridgehead atoms. The summed E-state index contributed by atoms with van der Waals surface area (Å²) in [7, 11) is -18.2. The van der Waals surface area contributed by atoms with E-state index in [0.29, 0.717) is 0 Å². The Hall–Kier alpha value is -1.86. The van der Waals surface area contributed by atoms with Crippen LogP contribution in [0.3, 0.4) is 0 Å². The normalized spacial score (nSPS) is 13.5. The van der Waals surface area contributed by atoms with E-state index in [0.717, 1.165) is 12.1 Å². The number of sulfone groups is 2. The van der Waals surface area contributed by atoms with Gasteiger partial charge in [0.2, 0.25) is 0 Å². The van der Waals surface area contributed by atoms with E-state index in [2.05, 4.69) is 8.37 Å². The first-order valence-corrected chi connectivity index (χ1v) is 14.1. The van der Waals surface area contributed by atoms with Crippen LogP contribution in [0.25, 0.3) is 10.8 Å². The van der Waals surface area contributed by atoms with Crippen molar-refractivity contribution in [2.24, 2.45) is 0 Å². The zero-order chi connectivity index (χ0) is 23.7. The van der Waals surface area contributed by atoms with Gasteiger partial charge in [-0.1, -0.05) is 12.1 Å². The van der Waals surface area contributed by atoms with Gasteiger partial charge in [0, 0.05) is 16.5 Å². The van der Waals surface area contributed by atoms with Crippen molar-refractivity contribution in [1.29, 1.82) is 0 Å². The summed E-state index contributed by atoms with van der Waals surface area (Å²) < 4.78 is 118. The minimum atomic E-state index is -4.87. The lowest BCUT2D eigenvalue weighted by molar-refractivity contribution is 0.282. The Balaban J connectivity index is 2.52. The van der Waals surface area contributed by atoms with Crippen LogP contribution in [0.15, 0.2) is 40.1 Å². The molecule has 0 amide bonds. The highest BCUT2D eigenvalue weighted by Crippen LogP contribution is 2.32. The van der Waals surface area contributed by atoms with E-state index in [9.17, 15) is 33.7 Å². The molecule has 0 aliphatic rings. The van der Waals surface area contributed by atoms with Gasteiger partial charge in [-0.15, -0.1) is 0 Å². The fourth-order valence-electron chi connectivity index (χ4n) is 2.59. The lowest BCUT2D eigenvalue weighted by atomic mass is 10.1. The van der Waals surface area contributed by atoms with Crippen molar-refractivity contribution in [1.82, 2.24) is 0 Å². The first kappa shape index (κ1) is 25.4. The van der Waals surface area contributed by atoms with Crippen LogP contribution in [0.4, 0.5) is 5.69 Å². The summed E-state index contributed by atoms with van der Waals surface area (Å²) in [5, 5.41) is -0.151. The summed E-state index contributed by atoms with van der Waals surface area (Å²) in [6.07, 6.45) is 0. The second-order valence-electron chi connectivity index (χ2n) is 6.01. The van der Waals surface area contributed by atoms with Crippen LogP contribution in [0, 0.1) is 0 Å². The van der Waals surface area contributed by atoms with Gasteiger partial charge in [0.1, 0.15) is 0 Å². The summed E-state index contributed by atoms with van der Waals surface area (Å²) in [5.74, 6) is -1.73. The molecule has 0 unspecified atom stereocenters. The van der Waals surface area contributed by atoms with E-state index in [4.69, 9.17) is 14.8 Å². The fraction of sp³-hybridized carbons (Fsp3) is 0.286. The molecule has 31 heavy (non-hydrogen) atoms. The Morgan fingerprint density at radius 1 is 0.710 bits per heavy atom. The summed E-state index contributed by atoms with van der Waals surface area (Å²) in [5.41, 5.74) is 5.60. The highest BCUT2D eigenvalue weighted by atomic mass is 32.3. The Kier molecular flexibility index (Phi) is 7.33. The Morgan fingerprint density at radius 3 is 1.68 bits per heavy atom. The molecule has 2 rings (SSSR count). The predicted octanol–water partition coefficient (Wildman–Crippen LogP) is -0.392. The maximum atomic E-state index is 12.7. The minimum Gasteiger partial charge on any atom is -0.399 e. The molecule has 0 aliphatic heterocycles. The molecule has 4 N–H and O–H groups in total. The van der Waals surface area contributed by atoms with Gasteiger partial charge in [0.15, 0.2) is 19.7 Å². The molecule has 0 atom stereocenters. The molecule has 13 nitrogen and oxygen atoms in total. The van der Waals surface area contributed by atoms with Crippen molar-refractivity contribution >= 4 is 56.9 Å². The Morgan fingerprint density at radius 2 is 1.19 bits per heavy atom. The molecule has 0 aromatic heterocycles. The first-order chi connectivity index (χ1) is 14.0. The van der Waals surface area contributed by atoms with E-state index in [1.165, 1.54) is 18.2 Å². The third-order valence-electron chi connectivity index (χ3n) is 3.78. The smallest absolute Gasteiger partial charge is 0.397 e. The number of nitrogen functional groups attached to an aromatic ring is 1. The molecule has 2 aromatic carbocycles. The maximum absolute atomic E-state index is 12.7. The molecular formula is C14H17NO12S4. The Labute approximate surface area is 178 Å². The van der Waals surface area contributed by atoms with Crippen LogP contribution in [0.5, 0.6) is 0 Å². The topological polar surface area (TPSA) is 221 Å². The number of hydrogen-bond acceptors (Lipinski definition) is 11. The zero-order valence-corrected chi connectivity index (χ0v) is 18.7. The number of nitrogens with two attached hydrogens (primary N) is 1. The van der Waals surface area contributed by atoms with Crippen LogP contribution in [-0.2, 0) is 48.8 Å². The standard InChI is InChI=1S/C14H17NO12S4/c15-10-8-12-11(14(9-10)29(18,19)7-5-27-31(23,24)25)2-1-3-13(12)28(16,17)6-4-26-30(20,21)22/h1-3,8-9H,4-7,15H2,(H,20,21,22)(H,23,24,25). The highest BCUT2D eigenvalue weighted by molar-refractivity contribution is 7.92. The lowest BCUT2D eigenvalue weighted by Gasteiger charge is -2.13. The molecule has 174 valence electrons. The van der Waals surface area contributed by atoms with Crippen molar-refractivity contribution in [3.63, 3.8) is 0 Å². The van der Waals surface area contributed by atoms with Gasteiger partial charge in [-0.25, -0.2) is 25.2 Å². The van der Waals surface area contributed by atoms with Crippen molar-refractivity contribution in [2.75, 3.05) is 30.5 Å². The van der Waals surface area contributed by atoms with Gasteiger partial charge >= 0.3 is 20.8 Å². The number of hydrogen-bond donors (Lipinski definition) is 3. The van der Waals surface area contributed by atoms with Crippen LogP contribution in [-0.4, -0.2) is 67.5 Å². The van der Waals surface area contributed by atoms with E-state index in [1.807, 2.05) is 0 Å². The van der Waals surface area contributed by atoms with Gasteiger partial charge in [-0.05, 0) is 18.2 Å². The third-order valence-corrected chi connectivity index (χ3v) is 8.15. The molecule has 0 saturated heterocycles. The summed E-state index contributed by atoms with van der Waals surface area (Å²) in [4.78, 5) is -0.783. The largest absolute Gasteiger partial charge is 0.399 e. The minimum absolute atomic E-state index is 0.0576. The molecule has 0 heterocycles. The molecule has 0 fully saturated rings. The SMILES string of the molecule is Nc1cc(S(=O)(=O)CCOS(=O)(=O)O)c2cccc(S(=O)(=O)CCOS(=O)(=O)O)c2c1. The average Bonchev–Trinajstić information content (AvgIpc) is 2.57. The van der Waals surface area contributed by atoms with Crippen LogP contribution in [0.2, 0.25) is 0 Å². The molecule has 0 aliphatic carbocycles. The molecule has 2 aromatic rings. The maximum Gasteiger partial charge on any atom is 0.397 e. The monoisotopic (exact) mass is 519 g/mol.